The predicted octanol–water partition coefficient (Wildman–Crippen LogP) is 0.121. The lowest BCUT2D eigenvalue weighted by Crippen LogP contribution is -2.30. The van der Waals surface area contributed by atoms with Crippen molar-refractivity contribution < 1.29 is 0 Å². The van der Waals surface area contributed by atoms with Crippen LogP contribution in [0.2, 0.25) is 0 Å². The van der Waals surface area contributed by atoms with Crippen LogP contribution in [0.3, 0.4) is 0 Å². The number of H-pyrrole nitrogens is 2. The van der Waals surface area contributed by atoms with Gasteiger partial charge in [0, 0.05) is 24.8 Å². The Balaban J connectivity index is 1.50. The molecule has 3 rings (SSSR count). The SMILES string of the molecule is Cc1cn(CCCCCCn2cnc3c(=O)[nH]c(N)nc32)c(=O)[nH]c1=O. The highest BCUT2D eigenvalue weighted by molar-refractivity contribution is 5.70. The minimum absolute atomic E-state index is 0.0749. The van der Waals surface area contributed by atoms with Crippen molar-refractivity contribution in [3.05, 3.63) is 49.3 Å². The molecule has 10 nitrogen and oxygen atoms in total. The number of aromatic nitrogens is 6. The number of nitrogens with zero attached hydrogens (tertiary/aromatic N) is 4. The third kappa shape index (κ3) is 3.73. The molecule has 0 saturated carbocycles. The second-order valence-electron chi connectivity index (χ2n) is 6.24. The minimum Gasteiger partial charge on any atom is -0.369 e. The minimum atomic E-state index is -0.376. The molecule has 0 radical (unpaired) electrons. The average molecular weight is 359 g/mol. The largest absolute Gasteiger partial charge is 0.369 e. The van der Waals surface area contributed by atoms with Crippen LogP contribution in [0.25, 0.3) is 11.2 Å². The van der Waals surface area contributed by atoms with E-state index in [0.717, 1.165) is 25.7 Å². The Labute approximate surface area is 147 Å². The van der Waals surface area contributed by atoms with Crippen molar-refractivity contribution in [3.8, 4) is 0 Å². The highest BCUT2D eigenvalue weighted by Crippen LogP contribution is 2.09. The summed E-state index contributed by atoms with van der Waals surface area (Å²) in [5.74, 6) is 0.0749. The maximum Gasteiger partial charge on any atom is 0.328 e. The quantitative estimate of drug-likeness (QED) is 0.511. The number of fused-ring (bicyclic) bond motifs is 1. The van der Waals surface area contributed by atoms with Crippen LogP contribution in [0.1, 0.15) is 31.2 Å². The van der Waals surface area contributed by atoms with E-state index in [1.807, 2.05) is 4.57 Å². The Bertz CT molecular complexity index is 1090. The van der Waals surface area contributed by atoms with Crippen LogP contribution < -0.4 is 22.5 Å². The van der Waals surface area contributed by atoms with Crippen LogP contribution in [0.15, 0.2) is 26.9 Å². The van der Waals surface area contributed by atoms with Crippen LogP contribution in [0.4, 0.5) is 5.95 Å². The van der Waals surface area contributed by atoms with Gasteiger partial charge in [-0.05, 0) is 19.8 Å². The van der Waals surface area contributed by atoms with Crippen LogP contribution in [0.5, 0.6) is 0 Å². The van der Waals surface area contributed by atoms with Gasteiger partial charge in [0.25, 0.3) is 11.1 Å². The molecule has 0 fully saturated rings. The van der Waals surface area contributed by atoms with E-state index in [1.54, 1.807) is 19.4 Å². The number of hydrogen-bond acceptors (Lipinski definition) is 6. The zero-order chi connectivity index (χ0) is 18.7. The van der Waals surface area contributed by atoms with Crippen LogP contribution >= 0.6 is 0 Å². The molecule has 4 N–H and O–H groups in total. The van der Waals surface area contributed by atoms with Gasteiger partial charge in [0.1, 0.15) is 0 Å². The molecule has 0 aliphatic carbocycles. The molecule has 138 valence electrons. The molecule has 26 heavy (non-hydrogen) atoms. The number of nitrogens with two attached hydrogens (primary N) is 1. The highest BCUT2D eigenvalue weighted by Gasteiger charge is 2.08. The van der Waals surface area contributed by atoms with Gasteiger partial charge in [-0.1, -0.05) is 12.8 Å². The van der Waals surface area contributed by atoms with Gasteiger partial charge in [0.15, 0.2) is 11.2 Å². The molecule has 0 amide bonds. The van der Waals surface area contributed by atoms with Gasteiger partial charge in [-0.2, -0.15) is 4.98 Å². The number of aromatic amines is 2. The second-order valence-corrected chi connectivity index (χ2v) is 6.24. The van der Waals surface area contributed by atoms with Gasteiger partial charge >= 0.3 is 5.69 Å². The van der Waals surface area contributed by atoms with Crippen LogP contribution in [-0.4, -0.2) is 29.1 Å². The van der Waals surface area contributed by atoms with Gasteiger partial charge in [0.2, 0.25) is 5.95 Å². The van der Waals surface area contributed by atoms with Gasteiger partial charge in [-0.15, -0.1) is 0 Å². The first-order valence-corrected chi connectivity index (χ1v) is 8.46. The fraction of sp³-hybridized carbons (Fsp3) is 0.438. The number of rotatable bonds is 7. The normalized spacial score (nSPS) is 11.3. The molecule has 0 saturated heterocycles. The maximum atomic E-state index is 11.7. The summed E-state index contributed by atoms with van der Waals surface area (Å²) in [6.07, 6.45) is 6.80. The second kappa shape index (κ2) is 7.38. The first-order chi connectivity index (χ1) is 12.5. The molecule has 3 aromatic heterocycles. The first kappa shape index (κ1) is 17.6. The molecule has 3 heterocycles. The summed E-state index contributed by atoms with van der Waals surface area (Å²) in [7, 11) is 0. The lowest BCUT2D eigenvalue weighted by Gasteiger charge is -2.06. The Morgan fingerprint density at radius 2 is 1.69 bits per heavy atom. The van der Waals surface area contributed by atoms with Gasteiger partial charge in [0.05, 0.1) is 6.33 Å². The van der Waals surface area contributed by atoms with Crippen molar-refractivity contribution in [1.82, 2.24) is 29.1 Å². The summed E-state index contributed by atoms with van der Waals surface area (Å²) in [5.41, 5.74) is 5.82. The Kier molecular flexibility index (Phi) is 5.01. The van der Waals surface area contributed by atoms with E-state index < -0.39 is 0 Å². The summed E-state index contributed by atoms with van der Waals surface area (Å²) >= 11 is 0. The molecular formula is C16H21N7O3. The van der Waals surface area contributed by atoms with Crippen molar-refractivity contribution in [2.24, 2.45) is 0 Å². The van der Waals surface area contributed by atoms with Crippen molar-refractivity contribution in [1.29, 1.82) is 0 Å². The molecule has 10 heteroatoms. The monoisotopic (exact) mass is 359 g/mol. The van der Waals surface area contributed by atoms with Crippen molar-refractivity contribution in [3.63, 3.8) is 0 Å². The number of nitrogen functional groups attached to an aromatic ring is 1. The molecule has 0 bridgehead atoms. The molecular weight excluding hydrogens is 338 g/mol. The Morgan fingerprint density at radius 3 is 2.42 bits per heavy atom. The summed E-state index contributed by atoms with van der Waals surface area (Å²) in [6, 6.07) is 0. The standard InChI is InChI=1S/C16H21N7O3/c1-10-8-22(16(26)21-13(10)24)6-4-2-3-5-7-23-9-18-11-12(23)19-15(17)20-14(11)25/h8-9H,2-7H2,1H3,(H,21,24,26)(H3,17,19,20,25). The van der Waals surface area contributed by atoms with Crippen LogP contribution in [-0.2, 0) is 13.1 Å². The molecule has 0 aromatic carbocycles. The molecule has 0 atom stereocenters. The van der Waals surface area contributed by atoms with Crippen molar-refractivity contribution in [2.75, 3.05) is 5.73 Å². The Morgan fingerprint density at radius 1 is 1.00 bits per heavy atom. The predicted molar refractivity (Wildman–Crippen MR) is 97.1 cm³/mol. The fourth-order valence-electron chi connectivity index (χ4n) is 2.84. The van der Waals surface area contributed by atoms with E-state index in [0.29, 0.717) is 24.3 Å². The molecule has 0 unspecified atom stereocenters. The number of aryl methyl sites for hydroxylation is 3. The number of imidazole rings is 1. The van der Waals surface area contributed by atoms with E-state index in [1.165, 1.54) is 4.57 Å². The summed E-state index contributed by atoms with van der Waals surface area (Å²) in [5, 5.41) is 0. The average Bonchev–Trinajstić information content (AvgIpc) is 2.98. The maximum absolute atomic E-state index is 11.7. The fourth-order valence-corrected chi connectivity index (χ4v) is 2.84. The van der Waals surface area contributed by atoms with E-state index in [2.05, 4.69) is 19.9 Å². The zero-order valence-electron chi connectivity index (χ0n) is 14.5. The zero-order valence-corrected chi connectivity index (χ0v) is 14.5. The molecule has 0 aliphatic heterocycles. The summed E-state index contributed by atoms with van der Waals surface area (Å²) in [4.78, 5) is 47.7. The highest BCUT2D eigenvalue weighted by atomic mass is 16.2. The van der Waals surface area contributed by atoms with E-state index >= 15 is 0 Å². The smallest absolute Gasteiger partial charge is 0.328 e. The summed E-state index contributed by atoms with van der Waals surface area (Å²) < 4.78 is 3.34. The van der Waals surface area contributed by atoms with Gasteiger partial charge in [-0.25, -0.2) is 9.78 Å². The number of unbranched alkanes of at least 4 members (excludes halogenated alkanes) is 3. The van der Waals surface area contributed by atoms with Crippen molar-refractivity contribution in [2.45, 2.75) is 45.7 Å². The van der Waals surface area contributed by atoms with Crippen LogP contribution in [0, 0.1) is 6.92 Å². The molecule has 3 aromatic rings. The van der Waals surface area contributed by atoms with E-state index in [4.69, 9.17) is 5.73 Å². The third-order valence-corrected chi connectivity index (χ3v) is 4.23. The van der Waals surface area contributed by atoms with Gasteiger partial charge < -0.3 is 14.9 Å². The Hall–Kier alpha value is -3.17. The lowest BCUT2D eigenvalue weighted by atomic mass is 10.2. The summed E-state index contributed by atoms with van der Waals surface area (Å²) in [6.45, 7) is 2.93. The van der Waals surface area contributed by atoms with Crippen molar-refractivity contribution >= 4 is 17.1 Å². The van der Waals surface area contributed by atoms with E-state index in [9.17, 15) is 14.4 Å². The van der Waals surface area contributed by atoms with Gasteiger partial charge in [-0.3, -0.25) is 19.6 Å². The first-order valence-electron chi connectivity index (χ1n) is 8.46. The molecule has 0 aliphatic rings. The topological polar surface area (TPSA) is 144 Å². The lowest BCUT2D eigenvalue weighted by molar-refractivity contribution is 0.530. The molecule has 0 spiro atoms. The number of nitrogens with one attached hydrogen (secondary N) is 2. The number of anilines is 1. The number of hydrogen-bond donors (Lipinski definition) is 3. The third-order valence-electron chi connectivity index (χ3n) is 4.23. The van der Waals surface area contributed by atoms with E-state index in [-0.39, 0.29) is 28.3 Å².